The van der Waals surface area contributed by atoms with Crippen LogP contribution in [0.3, 0.4) is 0 Å². The fourth-order valence-corrected chi connectivity index (χ4v) is 2.30. The van der Waals surface area contributed by atoms with Crippen LogP contribution in [0.4, 0.5) is 5.13 Å². The summed E-state index contributed by atoms with van der Waals surface area (Å²) < 4.78 is 0. The molecule has 66 valence electrons. The van der Waals surface area contributed by atoms with E-state index in [9.17, 15) is 4.79 Å². The lowest BCUT2D eigenvalue weighted by molar-refractivity contribution is -0.107. The number of carbonyl (C=O) groups is 1. The maximum atomic E-state index is 10.5. The van der Waals surface area contributed by atoms with E-state index < -0.39 is 0 Å². The van der Waals surface area contributed by atoms with Crippen LogP contribution in [-0.2, 0) is 4.79 Å². The highest BCUT2D eigenvalue weighted by Crippen LogP contribution is 2.31. The molecule has 0 amide bonds. The number of alkyl halides is 1. The third-order valence-corrected chi connectivity index (χ3v) is 3.65. The fourth-order valence-electron chi connectivity index (χ4n) is 0.833. The first-order valence-corrected chi connectivity index (χ1v) is 5.16. The second kappa shape index (κ2) is 4.00. The number of halogens is 1. The van der Waals surface area contributed by atoms with Gasteiger partial charge in [0.1, 0.15) is 11.1 Å². The van der Waals surface area contributed by atoms with Gasteiger partial charge < -0.3 is 10.1 Å². The van der Waals surface area contributed by atoms with Crippen LogP contribution in [0.25, 0.3) is 0 Å². The molecule has 0 bridgehead atoms. The van der Waals surface area contributed by atoms with E-state index in [1.54, 1.807) is 0 Å². The first-order chi connectivity index (χ1) is 5.69. The first-order valence-electron chi connectivity index (χ1n) is 3.43. The minimum atomic E-state index is -0.225. The summed E-state index contributed by atoms with van der Waals surface area (Å²) in [6.45, 7) is 1.89. The average Bonchev–Trinajstić information content (AvgIpc) is 2.45. The number of hydrogen-bond acceptors (Lipinski definition) is 4. The molecule has 0 aliphatic heterocycles. The summed E-state index contributed by atoms with van der Waals surface area (Å²) in [5.74, 6) is 0. The molecular formula is C7H9BrN2OS. The van der Waals surface area contributed by atoms with Gasteiger partial charge in [-0.1, -0.05) is 15.9 Å². The zero-order valence-corrected chi connectivity index (χ0v) is 9.20. The Morgan fingerprint density at radius 3 is 2.83 bits per heavy atom. The van der Waals surface area contributed by atoms with Crippen molar-refractivity contribution in [2.24, 2.45) is 0 Å². The van der Waals surface area contributed by atoms with Gasteiger partial charge >= 0.3 is 0 Å². The molecule has 1 atom stereocenters. The number of aryl methyl sites for hydroxylation is 1. The molecule has 1 heterocycles. The molecular weight excluding hydrogens is 240 g/mol. The monoisotopic (exact) mass is 248 g/mol. The van der Waals surface area contributed by atoms with Crippen molar-refractivity contribution in [2.45, 2.75) is 11.8 Å². The standard InChI is InChI=1S/C7H9BrN2OS/c1-4-6(5(8)3-11)12-7(9-2)10-4/h3,5H,1-2H3,(H,9,10). The van der Waals surface area contributed by atoms with Gasteiger partial charge in [0, 0.05) is 7.05 Å². The Hall–Kier alpha value is -0.420. The zero-order valence-electron chi connectivity index (χ0n) is 6.80. The molecule has 1 aromatic rings. The summed E-state index contributed by atoms with van der Waals surface area (Å²) in [4.78, 5) is 15.4. The lowest BCUT2D eigenvalue weighted by Crippen LogP contribution is -1.89. The molecule has 3 nitrogen and oxygen atoms in total. The van der Waals surface area contributed by atoms with Gasteiger partial charge in [0.05, 0.1) is 10.6 Å². The molecule has 0 saturated carbocycles. The van der Waals surface area contributed by atoms with Crippen LogP contribution >= 0.6 is 27.3 Å². The van der Waals surface area contributed by atoms with Crippen molar-refractivity contribution in [1.82, 2.24) is 4.98 Å². The molecule has 0 radical (unpaired) electrons. The summed E-state index contributed by atoms with van der Waals surface area (Å²) in [5, 5.41) is 3.78. The third-order valence-electron chi connectivity index (χ3n) is 1.42. The maximum Gasteiger partial charge on any atom is 0.182 e. The van der Waals surface area contributed by atoms with Gasteiger partial charge in [0.2, 0.25) is 0 Å². The van der Waals surface area contributed by atoms with E-state index in [2.05, 4.69) is 26.2 Å². The number of anilines is 1. The third kappa shape index (κ3) is 1.84. The van der Waals surface area contributed by atoms with Crippen molar-refractivity contribution < 1.29 is 4.79 Å². The van der Waals surface area contributed by atoms with Crippen LogP contribution in [0, 0.1) is 6.92 Å². The molecule has 0 aliphatic rings. The second-order valence-electron chi connectivity index (χ2n) is 2.26. The Balaban J connectivity index is 2.98. The van der Waals surface area contributed by atoms with Crippen LogP contribution in [0.2, 0.25) is 0 Å². The van der Waals surface area contributed by atoms with Crippen molar-refractivity contribution in [3.8, 4) is 0 Å². The molecule has 0 saturated heterocycles. The predicted octanol–water partition coefficient (Wildman–Crippen LogP) is 2.13. The molecule has 0 aliphatic carbocycles. The van der Waals surface area contributed by atoms with E-state index in [1.807, 2.05) is 14.0 Å². The molecule has 1 N–H and O–H groups in total. The number of rotatable bonds is 3. The Bertz CT molecular complexity index is 287. The SMILES string of the molecule is CNc1nc(C)c(C(Br)C=O)s1. The van der Waals surface area contributed by atoms with Crippen molar-refractivity contribution >= 4 is 38.7 Å². The fraction of sp³-hybridized carbons (Fsp3) is 0.429. The van der Waals surface area contributed by atoms with Gasteiger partial charge in [-0.05, 0) is 6.92 Å². The number of carbonyl (C=O) groups excluding carboxylic acids is 1. The van der Waals surface area contributed by atoms with Crippen molar-refractivity contribution in [3.05, 3.63) is 10.6 Å². The lowest BCUT2D eigenvalue weighted by Gasteiger charge is -1.95. The summed E-state index contributed by atoms with van der Waals surface area (Å²) >= 11 is 4.74. The van der Waals surface area contributed by atoms with Crippen molar-refractivity contribution in [1.29, 1.82) is 0 Å². The average molecular weight is 249 g/mol. The smallest absolute Gasteiger partial charge is 0.182 e. The highest BCUT2D eigenvalue weighted by molar-refractivity contribution is 9.09. The van der Waals surface area contributed by atoms with E-state index in [4.69, 9.17) is 0 Å². The van der Waals surface area contributed by atoms with Gasteiger partial charge in [-0.3, -0.25) is 0 Å². The van der Waals surface area contributed by atoms with E-state index >= 15 is 0 Å². The normalized spacial score (nSPS) is 12.6. The lowest BCUT2D eigenvalue weighted by atomic mass is 10.3. The molecule has 1 rings (SSSR count). The van der Waals surface area contributed by atoms with Crippen LogP contribution in [0.5, 0.6) is 0 Å². The zero-order chi connectivity index (χ0) is 9.14. The van der Waals surface area contributed by atoms with E-state index in [1.165, 1.54) is 11.3 Å². The number of nitrogens with one attached hydrogen (secondary N) is 1. The minimum Gasteiger partial charge on any atom is -0.365 e. The summed E-state index contributed by atoms with van der Waals surface area (Å²) in [6, 6.07) is 0. The van der Waals surface area contributed by atoms with E-state index in [0.29, 0.717) is 0 Å². The van der Waals surface area contributed by atoms with Gasteiger partial charge in [-0.2, -0.15) is 0 Å². The number of aldehydes is 1. The molecule has 0 fully saturated rings. The second-order valence-corrected chi connectivity index (χ2v) is 4.27. The largest absolute Gasteiger partial charge is 0.365 e. The van der Waals surface area contributed by atoms with Crippen molar-refractivity contribution in [2.75, 3.05) is 12.4 Å². The number of aromatic nitrogens is 1. The highest BCUT2D eigenvalue weighted by Gasteiger charge is 2.13. The van der Waals surface area contributed by atoms with Gasteiger partial charge in [0.25, 0.3) is 0 Å². The van der Waals surface area contributed by atoms with Crippen LogP contribution in [-0.4, -0.2) is 18.3 Å². The van der Waals surface area contributed by atoms with Gasteiger partial charge in [-0.25, -0.2) is 4.98 Å². The number of hydrogen-bond donors (Lipinski definition) is 1. The number of nitrogens with zero attached hydrogens (tertiary/aromatic N) is 1. The molecule has 1 aromatic heterocycles. The van der Waals surface area contributed by atoms with Crippen LogP contribution < -0.4 is 5.32 Å². The van der Waals surface area contributed by atoms with E-state index in [0.717, 1.165) is 22.0 Å². The molecule has 0 aromatic carbocycles. The quantitative estimate of drug-likeness (QED) is 0.659. The Morgan fingerprint density at radius 2 is 2.42 bits per heavy atom. The Labute approximate surface area is 83.3 Å². The summed E-state index contributed by atoms with van der Waals surface area (Å²) in [7, 11) is 1.81. The summed E-state index contributed by atoms with van der Waals surface area (Å²) in [5.41, 5.74) is 0.901. The molecule has 1 unspecified atom stereocenters. The Morgan fingerprint density at radius 1 is 1.75 bits per heavy atom. The molecule has 12 heavy (non-hydrogen) atoms. The number of thiazole rings is 1. The highest BCUT2D eigenvalue weighted by atomic mass is 79.9. The van der Waals surface area contributed by atoms with Crippen molar-refractivity contribution in [3.63, 3.8) is 0 Å². The molecule has 5 heteroatoms. The predicted molar refractivity (Wildman–Crippen MR) is 54.1 cm³/mol. The summed E-state index contributed by atoms with van der Waals surface area (Å²) in [6.07, 6.45) is 0.861. The van der Waals surface area contributed by atoms with Gasteiger partial charge in [-0.15, -0.1) is 11.3 Å². The maximum absolute atomic E-state index is 10.5. The topological polar surface area (TPSA) is 42.0 Å². The first kappa shape index (κ1) is 9.67. The van der Waals surface area contributed by atoms with Crippen LogP contribution in [0.15, 0.2) is 0 Å². The van der Waals surface area contributed by atoms with E-state index in [-0.39, 0.29) is 4.83 Å². The van der Waals surface area contributed by atoms with Gasteiger partial charge in [0.15, 0.2) is 5.13 Å². The van der Waals surface area contributed by atoms with Crippen LogP contribution in [0.1, 0.15) is 15.4 Å². The molecule has 0 spiro atoms. The minimum absolute atomic E-state index is 0.225. The Kier molecular flexibility index (Phi) is 3.22.